The Bertz CT molecular complexity index is 473. The summed E-state index contributed by atoms with van der Waals surface area (Å²) in [6.07, 6.45) is -3.65. The molecule has 0 saturated carbocycles. The van der Waals surface area contributed by atoms with E-state index in [1.165, 1.54) is 6.07 Å². The number of carbonyl (C=O) groups is 2. The molecule has 0 aliphatic rings. The van der Waals surface area contributed by atoms with Crippen LogP contribution in [0.5, 0.6) is 5.75 Å². The smallest absolute Gasteiger partial charge is 0.306 e. The van der Waals surface area contributed by atoms with Gasteiger partial charge in [0.05, 0.1) is 18.1 Å². The van der Waals surface area contributed by atoms with Crippen molar-refractivity contribution in [3.05, 3.63) is 29.3 Å². The Morgan fingerprint density at radius 1 is 1.28 bits per heavy atom. The quantitative estimate of drug-likeness (QED) is 0.474. The zero-order valence-electron chi connectivity index (χ0n) is 9.28. The number of aliphatic carboxylic acids is 1. The van der Waals surface area contributed by atoms with Gasteiger partial charge in [-0.15, -0.1) is 0 Å². The molecule has 1 aromatic rings. The van der Waals surface area contributed by atoms with E-state index in [2.05, 4.69) is 0 Å². The molecule has 0 heterocycles. The van der Waals surface area contributed by atoms with Crippen LogP contribution in [0.15, 0.2) is 18.2 Å². The van der Waals surface area contributed by atoms with Crippen LogP contribution in [0, 0.1) is 0 Å². The van der Waals surface area contributed by atoms with Gasteiger partial charge in [0.1, 0.15) is 11.9 Å². The lowest BCUT2D eigenvalue weighted by Crippen LogP contribution is -2.22. The van der Waals surface area contributed by atoms with E-state index in [-0.39, 0.29) is 16.9 Å². The van der Waals surface area contributed by atoms with Crippen LogP contribution in [0.1, 0.15) is 28.4 Å². The fraction of sp³-hybridized carbons (Fsp3) is 0.273. The Morgan fingerprint density at radius 3 is 2.39 bits per heavy atom. The molecule has 0 bridgehead atoms. The molecule has 7 heteroatoms. The normalized spacial score (nSPS) is 13.9. The van der Waals surface area contributed by atoms with Crippen molar-refractivity contribution >= 4 is 11.9 Å². The minimum absolute atomic E-state index is 0.0929. The third-order valence-corrected chi connectivity index (χ3v) is 2.38. The zero-order valence-corrected chi connectivity index (χ0v) is 9.28. The first kappa shape index (κ1) is 13.9. The van der Waals surface area contributed by atoms with Crippen molar-refractivity contribution in [2.24, 2.45) is 5.73 Å². The first-order valence-corrected chi connectivity index (χ1v) is 5.03. The number of rotatable bonds is 5. The van der Waals surface area contributed by atoms with Gasteiger partial charge in [-0.1, -0.05) is 6.07 Å². The fourth-order valence-corrected chi connectivity index (χ4v) is 1.45. The SMILES string of the molecule is NC(=O)c1cc(C(O)C(O)CC(=O)O)ccc1O. The number of aliphatic hydroxyl groups excluding tert-OH is 2. The number of primary amides is 1. The average molecular weight is 255 g/mol. The summed E-state index contributed by atoms with van der Waals surface area (Å²) in [6, 6.07) is 3.50. The number of aromatic hydroxyl groups is 1. The molecule has 6 N–H and O–H groups in total. The summed E-state index contributed by atoms with van der Waals surface area (Å²) in [6.45, 7) is 0. The van der Waals surface area contributed by atoms with E-state index in [1.807, 2.05) is 0 Å². The largest absolute Gasteiger partial charge is 0.507 e. The van der Waals surface area contributed by atoms with Crippen molar-refractivity contribution in [3.8, 4) is 5.75 Å². The fourth-order valence-electron chi connectivity index (χ4n) is 1.45. The zero-order chi connectivity index (χ0) is 13.9. The molecule has 7 nitrogen and oxygen atoms in total. The highest BCUT2D eigenvalue weighted by Gasteiger charge is 2.22. The van der Waals surface area contributed by atoms with Gasteiger partial charge in [0.2, 0.25) is 0 Å². The minimum Gasteiger partial charge on any atom is -0.507 e. The van der Waals surface area contributed by atoms with Crippen LogP contribution >= 0.6 is 0 Å². The number of hydrogen-bond donors (Lipinski definition) is 5. The van der Waals surface area contributed by atoms with E-state index in [0.29, 0.717) is 0 Å². The molecule has 2 unspecified atom stereocenters. The molecule has 98 valence electrons. The third-order valence-electron chi connectivity index (χ3n) is 2.38. The van der Waals surface area contributed by atoms with Crippen molar-refractivity contribution in [3.63, 3.8) is 0 Å². The van der Waals surface area contributed by atoms with Gasteiger partial charge < -0.3 is 26.2 Å². The van der Waals surface area contributed by atoms with Crippen molar-refractivity contribution in [2.75, 3.05) is 0 Å². The van der Waals surface area contributed by atoms with Crippen molar-refractivity contribution in [1.29, 1.82) is 0 Å². The molecular weight excluding hydrogens is 242 g/mol. The molecule has 0 saturated heterocycles. The van der Waals surface area contributed by atoms with Crippen molar-refractivity contribution < 1.29 is 30.0 Å². The summed E-state index contributed by atoms with van der Waals surface area (Å²) in [5, 5.41) is 36.9. The molecule has 0 fully saturated rings. The molecule has 0 aromatic heterocycles. The molecular formula is C11H13NO6. The molecule has 0 aliphatic heterocycles. The molecule has 0 spiro atoms. The van der Waals surface area contributed by atoms with Gasteiger partial charge >= 0.3 is 5.97 Å². The third kappa shape index (κ3) is 3.19. The van der Waals surface area contributed by atoms with Crippen LogP contribution in [0.25, 0.3) is 0 Å². The Labute approximate surface area is 102 Å². The van der Waals surface area contributed by atoms with Gasteiger partial charge in [0.15, 0.2) is 0 Å². The van der Waals surface area contributed by atoms with E-state index >= 15 is 0 Å². The first-order chi connectivity index (χ1) is 8.32. The Morgan fingerprint density at radius 2 is 1.89 bits per heavy atom. The highest BCUT2D eigenvalue weighted by molar-refractivity contribution is 5.95. The Kier molecular flexibility index (Phi) is 4.24. The van der Waals surface area contributed by atoms with Crippen LogP contribution in [0.4, 0.5) is 0 Å². The summed E-state index contributed by atoms with van der Waals surface area (Å²) in [5.74, 6) is -2.52. The lowest BCUT2D eigenvalue weighted by atomic mass is 9.99. The summed E-state index contributed by atoms with van der Waals surface area (Å²) in [7, 11) is 0. The van der Waals surface area contributed by atoms with Gasteiger partial charge in [0, 0.05) is 0 Å². The summed E-state index contributed by atoms with van der Waals surface area (Å²) < 4.78 is 0. The average Bonchev–Trinajstić information content (AvgIpc) is 2.27. The summed E-state index contributed by atoms with van der Waals surface area (Å²) >= 11 is 0. The molecule has 0 aliphatic carbocycles. The monoisotopic (exact) mass is 255 g/mol. The van der Waals surface area contributed by atoms with Crippen LogP contribution < -0.4 is 5.73 Å². The van der Waals surface area contributed by atoms with Gasteiger partial charge in [0.25, 0.3) is 5.91 Å². The topological polar surface area (TPSA) is 141 Å². The molecule has 1 amide bonds. The Balaban J connectivity index is 2.99. The number of benzene rings is 1. The Hall–Kier alpha value is -2.12. The molecule has 1 aromatic carbocycles. The maximum Gasteiger partial charge on any atom is 0.306 e. The highest BCUT2D eigenvalue weighted by Crippen LogP contribution is 2.24. The minimum atomic E-state index is -1.52. The maximum absolute atomic E-state index is 11.0. The van der Waals surface area contributed by atoms with E-state index in [4.69, 9.17) is 10.8 Å². The second-order valence-electron chi connectivity index (χ2n) is 3.75. The number of carboxylic acids is 1. The molecule has 18 heavy (non-hydrogen) atoms. The van der Waals surface area contributed by atoms with Crippen LogP contribution in [-0.4, -0.2) is 38.4 Å². The lowest BCUT2D eigenvalue weighted by Gasteiger charge is -2.17. The van der Waals surface area contributed by atoms with E-state index < -0.39 is 30.5 Å². The van der Waals surface area contributed by atoms with E-state index in [9.17, 15) is 24.9 Å². The number of amides is 1. The number of carbonyl (C=O) groups excluding carboxylic acids is 1. The van der Waals surface area contributed by atoms with E-state index in [0.717, 1.165) is 12.1 Å². The first-order valence-electron chi connectivity index (χ1n) is 5.03. The van der Waals surface area contributed by atoms with Gasteiger partial charge in [-0.3, -0.25) is 9.59 Å². The highest BCUT2D eigenvalue weighted by atomic mass is 16.4. The number of nitrogens with two attached hydrogens (primary N) is 1. The van der Waals surface area contributed by atoms with Crippen molar-refractivity contribution in [1.82, 2.24) is 0 Å². The number of phenols is 1. The standard InChI is InChI=1S/C11H13NO6/c12-11(18)6-3-5(1-2-7(6)13)10(17)8(14)4-9(15)16/h1-3,8,10,13-14,17H,4H2,(H2,12,18)(H,15,16). The molecule has 2 atom stereocenters. The summed E-state index contributed by atoms with van der Waals surface area (Å²) in [5.41, 5.74) is 4.88. The van der Waals surface area contributed by atoms with Crippen LogP contribution in [0.3, 0.4) is 0 Å². The predicted octanol–water partition coefficient (Wildman–Crippen LogP) is -0.640. The summed E-state index contributed by atoms with van der Waals surface area (Å²) in [4.78, 5) is 21.4. The molecule has 0 radical (unpaired) electrons. The lowest BCUT2D eigenvalue weighted by molar-refractivity contribution is -0.141. The van der Waals surface area contributed by atoms with Crippen molar-refractivity contribution in [2.45, 2.75) is 18.6 Å². The van der Waals surface area contributed by atoms with Crippen LogP contribution in [-0.2, 0) is 4.79 Å². The predicted molar refractivity (Wildman–Crippen MR) is 59.8 cm³/mol. The maximum atomic E-state index is 11.0. The van der Waals surface area contributed by atoms with Gasteiger partial charge in [-0.25, -0.2) is 0 Å². The van der Waals surface area contributed by atoms with E-state index in [1.54, 1.807) is 0 Å². The molecule has 1 rings (SSSR count). The van der Waals surface area contributed by atoms with Gasteiger partial charge in [-0.05, 0) is 17.7 Å². The second-order valence-corrected chi connectivity index (χ2v) is 3.75. The van der Waals surface area contributed by atoms with Crippen LogP contribution in [0.2, 0.25) is 0 Å². The van der Waals surface area contributed by atoms with Gasteiger partial charge in [-0.2, -0.15) is 0 Å². The number of aliphatic hydroxyl groups is 2. The second kappa shape index (κ2) is 5.48. The number of hydrogen-bond acceptors (Lipinski definition) is 5. The number of carboxylic acid groups (broad SMARTS) is 1.